The molecule has 0 radical (unpaired) electrons. The number of morpholine rings is 1. The summed E-state index contributed by atoms with van der Waals surface area (Å²) < 4.78 is 23.4. The van der Waals surface area contributed by atoms with Crippen LogP contribution in [0.2, 0.25) is 0 Å². The summed E-state index contributed by atoms with van der Waals surface area (Å²) in [7, 11) is 0. The van der Waals surface area contributed by atoms with Crippen LogP contribution >= 0.6 is 11.8 Å². The van der Waals surface area contributed by atoms with Crippen LogP contribution in [0.1, 0.15) is 11.3 Å². The van der Waals surface area contributed by atoms with E-state index in [0.29, 0.717) is 35.8 Å². The lowest BCUT2D eigenvalue weighted by atomic mass is 10.3. The van der Waals surface area contributed by atoms with Crippen molar-refractivity contribution >= 4 is 23.4 Å². The summed E-state index contributed by atoms with van der Waals surface area (Å²) in [5.41, 5.74) is 3.75. The Hall–Kier alpha value is -2.91. The van der Waals surface area contributed by atoms with Crippen LogP contribution in [0.25, 0.3) is 11.3 Å². The number of imidazole rings is 1. The second kappa shape index (κ2) is 8.08. The number of hydrogen-bond acceptors (Lipinski definition) is 6. The first-order valence-corrected chi connectivity index (χ1v) is 10.8. The zero-order valence-corrected chi connectivity index (χ0v) is 17.3. The average molecular weight is 425 g/mol. The van der Waals surface area contributed by atoms with Gasteiger partial charge in [-0.1, -0.05) is 23.9 Å². The van der Waals surface area contributed by atoms with E-state index in [1.807, 2.05) is 27.3 Å². The number of fused-ring (bicyclic) bond motifs is 1. The molecule has 0 saturated carbocycles. The minimum Gasteiger partial charge on any atom is -0.378 e. The molecule has 0 atom stereocenters. The Balaban J connectivity index is 1.46. The molecular weight excluding hydrogens is 403 g/mol. The van der Waals surface area contributed by atoms with E-state index in [4.69, 9.17) is 4.74 Å². The highest BCUT2D eigenvalue weighted by molar-refractivity contribution is 7.98. The zero-order chi connectivity index (χ0) is 20.5. The summed E-state index contributed by atoms with van der Waals surface area (Å²) in [5, 5.41) is 9.55. The maximum absolute atomic E-state index is 14.0. The Morgan fingerprint density at radius 2 is 1.97 bits per heavy atom. The van der Waals surface area contributed by atoms with Gasteiger partial charge < -0.3 is 14.0 Å². The van der Waals surface area contributed by atoms with Crippen molar-refractivity contribution in [2.45, 2.75) is 17.8 Å². The van der Waals surface area contributed by atoms with Crippen molar-refractivity contribution in [2.75, 3.05) is 31.2 Å². The first-order chi connectivity index (χ1) is 14.7. The average Bonchev–Trinajstić information content (AvgIpc) is 3.36. The standard InChI is InChI=1S/C21H21FN6OS/c1-15-5-6-19-23-17(13-27(19)12-15)14-30-21-25-24-20(26-7-9-29-10-8-26)28(21)18-4-2-3-16(22)11-18/h2-6,11-13H,7-10,14H2,1H3. The van der Waals surface area contributed by atoms with Crippen molar-refractivity contribution in [2.24, 2.45) is 0 Å². The first kappa shape index (κ1) is 19.1. The lowest BCUT2D eigenvalue weighted by Crippen LogP contribution is -2.37. The molecule has 1 aliphatic rings. The Bertz CT molecular complexity index is 1180. The van der Waals surface area contributed by atoms with Crippen LogP contribution in [0.15, 0.2) is 53.9 Å². The van der Waals surface area contributed by atoms with Gasteiger partial charge in [0, 0.05) is 31.2 Å². The molecule has 3 aromatic heterocycles. The van der Waals surface area contributed by atoms with Gasteiger partial charge in [-0.05, 0) is 36.8 Å². The predicted molar refractivity (Wildman–Crippen MR) is 114 cm³/mol. The Morgan fingerprint density at radius 3 is 2.80 bits per heavy atom. The van der Waals surface area contributed by atoms with Crippen molar-refractivity contribution in [3.05, 3.63) is 65.9 Å². The number of nitrogens with zero attached hydrogens (tertiary/aromatic N) is 6. The summed E-state index contributed by atoms with van der Waals surface area (Å²) in [4.78, 5) is 6.80. The number of hydrogen-bond donors (Lipinski definition) is 0. The maximum atomic E-state index is 14.0. The molecule has 5 rings (SSSR count). The van der Waals surface area contributed by atoms with Crippen LogP contribution in [0.4, 0.5) is 10.3 Å². The predicted octanol–water partition coefficient (Wildman–Crippen LogP) is 3.49. The van der Waals surface area contributed by atoms with Crippen LogP contribution in [-0.2, 0) is 10.5 Å². The molecule has 9 heteroatoms. The third-order valence-electron chi connectivity index (χ3n) is 4.97. The van der Waals surface area contributed by atoms with Gasteiger partial charge in [-0.3, -0.25) is 4.57 Å². The van der Waals surface area contributed by atoms with E-state index in [9.17, 15) is 4.39 Å². The number of halogens is 1. The summed E-state index contributed by atoms with van der Waals surface area (Å²) in [5.74, 6) is 1.05. The molecule has 154 valence electrons. The monoisotopic (exact) mass is 424 g/mol. The Morgan fingerprint density at radius 1 is 1.10 bits per heavy atom. The van der Waals surface area contributed by atoms with Crippen LogP contribution in [0.3, 0.4) is 0 Å². The molecule has 0 N–H and O–H groups in total. The molecule has 0 bridgehead atoms. The summed E-state index contributed by atoms with van der Waals surface area (Å²) in [6.07, 6.45) is 4.09. The minimum absolute atomic E-state index is 0.291. The van der Waals surface area contributed by atoms with Crippen LogP contribution in [0, 0.1) is 12.7 Å². The number of thioether (sulfide) groups is 1. The molecular formula is C21H21FN6OS. The molecule has 4 aromatic rings. The third-order valence-corrected chi connectivity index (χ3v) is 5.94. The molecule has 1 saturated heterocycles. The fourth-order valence-corrected chi connectivity index (χ4v) is 4.36. The van der Waals surface area contributed by atoms with E-state index in [0.717, 1.165) is 24.4 Å². The Labute approximate surface area is 177 Å². The largest absolute Gasteiger partial charge is 0.378 e. The molecule has 30 heavy (non-hydrogen) atoms. The Kier molecular flexibility index (Phi) is 5.14. The number of anilines is 1. The number of benzene rings is 1. The number of aryl methyl sites for hydroxylation is 1. The van der Waals surface area contributed by atoms with Gasteiger partial charge in [-0.2, -0.15) is 0 Å². The first-order valence-electron chi connectivity index (χ1n) is 9.78. The van der Waals surface area contributed by atoms with Crippen LogP contribution < -0.4 is 4.90 Å². The summed E-state index contributed by atoms with van der Waals surface area (Å²) in [6, 6.07) is 10.6. The SMILES string of the molecule is Cc1ccc2nc(CSc3nnc(N4CCOCC4)n3-c3cccc(F)c3)cn2c1. The quantitative estimate of drug-likeness (QED) is 0.457. The summed E-state index contributed by atoms with van der Waals surface area (Å²) >= 11 is 1.54. The second-order valence-corrected chi connectivity index (χ2v) is 8.13. The van der Waals surface area contributed by atoms with E-state index < -0.39 is 0 Å². The summed E-state index contributed by atoms with van der Waals surface area (Å²) in [6.45, 7) is 4.79. The van der Waals surface area contributed by atoms with Gasteiger partial charge in [0.25, 0.3) is 0 Å². The smallest absolute Gasteiger partial charge is 0.232 e. The second-order valence-electron chi connectivity index (χ2n) is 7.19. The number of pyridine rings is 1. The van der Waals surface area contributed by atoms with Gasteiger partial charge >= 0.3 is 0 Å². The van der Waals surface area contributed by atoms with Gasteiger partial charge in [0.1, 0.15) is 11.5 Å². The minimum atomic E-state index is -0.291. The number of rotatable bonds is 5. The van der Waals surface area contributed by atoms with E-state index in [2.05, 4.69) is 39.3 Å². The van der Waals surface area contributed by atoms with Gasteiger partial charge in [0.2, 0.25) is 5.95 Å². The van der Waals surface area contributed by atoms with E-state index in [1.54, 1.807) is 6.07 Å². The van der Waals surface area contributed by atoms with Crippen molar-refractivity contribution in [3.63, 3.8) is 0 Å². The van der Waals surface area contributed by atoms with Crippen LogP contribution in [-0.4, -0.2) is 50.5 Å². The molecule has 1 aliphatic heterocycles. The van der Waals surface area contributed by atoms with Crippen molar-refractivity contribution in [1.82, 2.24) is 24.1 Å². The highest BCUT2D eigenvalue weighted by Crippen LogP contribution is 2.29. The molecule has 1 aromatic carbocycles. The molecule has 0 amide bonds. The lowest BCUT2D eigenvalue weighted by molar-refractivity contribution is 0.122. The fraction of sp³-hybridized carbons (Fsp3) is 0.286. The molecule has 0 spiro atoms. The van der Waals surface area contributed by atoms with Gasteiger partial charge in [-0.25, -0.2) is 9.37 Å². The molecule has 1 fully saturated rings. The zero-order valence-electron chi connectivity index (χ0n) is 16.5. The molecule has 7 nitrogen and oxygen atoms in total. The molecule has 4 heterocycles. The highest BCUT2D eigenvalue weighted by atomic mass is 32.2. The topological polar surface area (TPSA) is 60.5 Å². The van der Waals surface area contributed by atoms with Crippen LogP contribution in [0.5, 0.6) is 0 Å². The third kappa shape index (κ3) is 3.78. The molecule has 0 aliphatic carbocycles. The lowest BCUT2D eigenvalue weighted by Gasteiger charge is -2.27. The van der Waals surface area contributed by atoms with Gasteiger partial charge in [0.15, 0.2) is 5.16 Å². The van der Waals surface area contributed by atoms with Crippen molar-refractivity contribution in [3.8, 4) is 5.69 Å². The van der Waals surface area contributed by atoms with E-state index in [1.165, 1.54) is 29.5 Å². The van der Waals surface area contributed by atoms with Crippen molar-refractivity contribution < 1.29 is 9.13 Å². The highest BCUT2D eigenvalue weighted by Gasteiger charge is 2.22. The maximum Gasteiger partial charge on any atom is 0.232 e. The number of ether oxygens (including phenoxy) is 1. The normalized spacial score (nSPS) is 14.5. The van der Waals surface area contributed by atoms with E-state index in [-0.39, 0.29) is 5.82 Å². The van der Waals surface area contributed by atoms with Gasteiger partial charge in [-0.15, -0.1) is 10.2 Å². The van der Waals surface area contributed by atoms with E-state index >= 15 is 0 Å². The fourth-order valence-electron chi connectivity index (χ4n) is 3.53. The number of aromatic nitrogens is 5. The van der Waals surface area contributed by atoms with Crippen molar-refractivity contribution in [1.29, 1.82) is 0 Å². The molecule has 0 unspecified atom stereocenters. The van der Waals surface area contributed by atoms with Gasteiger partial charge in [0.05, 0.1) is 24.6 Å².